The Labute approximate surface area is 144 Å². The Kier molecular flexibility index (Phi) is 18.5. The van der Waals surface area contributed by atoms with Crippen LogP contribution in [0.4, 0.5) is 0 Å². The first-order chi connectivity index (χ1) is 11.3. The molecule has 3 heteroatoms. The Bertz CT molecular complexity index is 277. The second-order valence-electron chi connectivity index (χ2n) is 6.63. The number of hydrazone groups is 1. The molecule has 0 spiro atoms. The number of rotatable bonds is 17. The zero-order valence-corrected chi connectivity index (χ0v) is 15.7. The summed E-state index contributed by atoms with van der Waals surface area (Å²) in [4.78, 5) is 11.6. The maximum atomic E-state index is 11.6. The molecule has 0 saturated heterocycles. The van der Waals surface area contributed by atoms with E-state index in [-0.39, 0.29) is 5.91 Å². The zero-order chi connectivity index (χ0) is 17.0. The number of nitrogens with one attached hydrogen (secondary N) is 1. The summed E-state index contributed by atoms with van der Waals surface area (Å²) in [6.45, 7) is 4.48. The van der Waals surface area contributed by atoms with Crippen molar-refractivity contribution < 1.29 is 4.79 Å². The van der Waals surface area contributed by atoms with Crippen molar-refractivity contribution in [3.8, 4) is 0 Å². The molecule has 0 heterocycles. The summed E-state index contributed by atoms with van der Waals surface area (Å²) in [5, 5.41) is 4.02. The van der Waals surface area contributed by atoms with E-state index in [1.165, 1.54) is 83.5 Å². The van der Waals surface area contributed by atoms with Crippen LogP contribution >= 0.6 is 0 Å². The van der Waals surface area contributed by atoms with Crippen LogP contribution in [0.2, 0.25) is 0 Å². The maximum absolute atomic E-state index is 11.6. The van der Waals surface area contributed by atoms with Crippen molar-refractivity contribution in [3.05, 3.63) is 0 Å². The predicted molar refractivity (Wildman–Crippen MR) is 102 cm³/mol. The van der Waals surface area contributed by atoms with Crippen LogP contribution in [0.5, 0.6) is 0 Å². The second kappa shape index (κ2) is 19.2. The molecule has 23 heavy (non-hydrogen) atoms. The lowest BCUT2D eigenvalue weighted by Gasteiger charge is -2.02. The highest BCUT2D eigenvalue weighted by molar-refractivity contribution is 5.76. The van der Waals surface area contributed by atoms with Gasteiger partial charge in [-0.2, -0.15) is 5.10 Å². The van der Waals surface area contributed by atoms with Crippen molar-refractivity contribution >= 4 is 12.1 Å². The Morgan fingerprint density at radius 2 is 1.22 bits per heavy atom. The minimum atomic E-state index is 0.0650. The molecule has 0 aromatic heterocycles. The number of amides is 1. The molecule has 0 radical (unpaired) electrons. The van der Waals surface area contributed by atoms with Gasteiger partial charge >= 0.3 is 0 Å². The lowest BCUT2D eigenvalue weighted by molar-refractivity contribution is -0.121. The minimum Gasteiger partial charge on any atom is -0.273 e. The first-order valence-corrected chi connectivity index (χ1v) is 10.1. The van der Waals surface area contributed by atoms with Gasteiger partial charge in [0.25, 0.3) is 0 Å². The van der Waals surface area contributed by atoms with Crippen LogP contribution in [0.3, 0.4) is 0 Å². The van der Waals surface area contributed by atoms with E-state index in [0.717, 1.165) is 12.8 Å². The number of carbonyl (C=O) groups is 1. The van der Waals surface area contributed by atoms with E-state index in [9.17, 15) is 4.79 Å². The van der Waals surface area contributed by atoms with Gasteiger partial charge in [0, 0.05) is 12.6 Å². The molecular weight excluding hydrogens is 284 g/mol. The van der Waals surface area contributed by atoms with Crippen molar-refractivity contribution in [2.75, 3.05) is 0 Å². The van der Waals surface area contributed by atoms with Gasteiger partial charge in [0.2, 0.25) is 5.91 Å². The lowest BCUT2D eigenvalue weighted by atomic mass is 10.1. The van der Waals surface area contributed by atoms with Crippen molar-refractivity contribution in [1.29, 1.82) is 0 Å². The molecule has 0 aliphatic rings. The van der Waals surface area contributed by atoms with Crippen molar-refractivity contribution in [2.45, 2.75) is 117 Å². The molecular formula is C20H40N2O. The molecule has 0 bridgehead atoms. The third kappa shape index (κ3) is 19.1. The Morgan fingerprint density at radius 3 is 1.78 bits per heavy atom. The third-order valence-electron chi connectivity index (χ3n) is 4.22. The van der Waals surface area contributed by atoms with Crippen LogP contribution in [0.1, 0.15) is 117 Å². The number of nitrogens with zero attached hydrogens (tertiary/aromatic N) is 1. The first kappa shape index (κ1) is 22.1. The standard InChI is InChI=1S/C20H40N2O/c1-3-5-7-9-11-12-13-14-16-18-20(23)22-21-19-17-15-10-8-6-4-2/h19H,3-18H2,1-2H3,(H,22,23). The van der Waals surface area contributed by atoms with Crippen molar-refractivity contribution in [1.82, 2.24) is 5.43 Å². The summed E-state index contributed by atoms with van der Waals surface area (Å²) in [6.07, 6.45) is 21.4. The molecule has 0 aliphatic carbocycles. The van der Waals surface area contributed by atoms with E-state index in [0.29, 0.717) is 6.42 Å². The van der Waals surface area contributed by atoms with E-state index >= 15 is 0 Å². The van der Waals surface area contributed by atoms with Gasteiger partial charge in [0.15, 0.2) is 0 Å². The number of hydrogen-bond acceptors (Lipinski definition) is 2. The average molecular weight is 325 g/mol. The molecule has 1 N–H and O–H groups in total. The normalized spacial score (nSPS) is 11.2. The summed E-state index contributed by atoms with van der Waals surface area (Å²) >= 11 is 0. The van der Waals surface area contributed by atoms with Crippen molar-refractivity contribution in [3.63, 3.8) is 0 Å². The summed E-state index contributed by atoms with van der Waals surface area (Å²) in [5.41, 5.74) is 2.64. The molecule has 0 unspecified atom stereocenters. The van der Waals surface area contributed by atoms with Gasteiger partial charge in [-0.25, -0.2) is 5.43 Å². The van der Waals surface area contributed by atoms with E-state index in [1.54, 1.807) is 0 Å². The topological polar surface area (TPSA) is 41.5 Å². The van der Waals surface area contributed by atoms with Crippen LogP contribution < -0.4 is 5.43 Å². The van der Waals surface area contributed by atoms with Crippen LogP contribution in [-0.2, 0) is 4.79 Å². The fourth-order valence-corrected chi connectivity index (χ4v) is 2.67. The van der Waals surface area contributed by atoms with Crippen LogP contribution in [0, 0.1) is 0 Å². The first-order valence-electron chi connectivity index (χ1n) is 10.1. The third-order valence-corrected chi connectivity index (χ3v) is 4.22. The molecule has 0 aromatic rings. The van der Waals surface area contributed by atoms with Gasteiger partial charge in [-0.1, -0.05) is 90.9 Å². The minimum absolute atomic E-state index is 0.0650. The summed E-state index contributed by atoms with van der Waals surface area (Å²) in [7, 11) is 0. The quantitative estimate of drug-likeness (QED) is 0.188. The van der Waals surface area contributed by atoms with Crippen molar-refractivity contribution in [2.24, 2.45) is 5.10 Å². The summed E-state index contributed by atoms with van der Waals surface area (Å²) < 4.78 is 0. The average Bonchev–Trinajstić information content (AvgIpc) is 2.56. The van der Waals surface area contributed by atoms with E-state index in [2.05, 4.69) is 24.4 Å². The monoisotopic (exact) mass is 324 g/mol. The Hall–Kier alpha value is -0.860. The largest absolute Gasteiger partial charge is 0.273 e. The van der Waals surface area contributed by atoms with Gasteiger partial charge in [-0.3, -0.25) is 4.79 Å². The fourth-order valence-electron chi connectivity index (χ4n) is 2.67. The van der Waals surface area contributed by atoms with Gasteiger partial charge in [-0.15, -0.1) is 0 Å². The Morgan fingerprint density at radius 1 is 0.739 bits per heavy atom. The Balaban J connectivity index is 3.24. The molecule has 0 atom stereocenters. The molecule has 0 aliphatic heterocycles. The summed E-state index contributed by atoms with van der Waals surface area (Å²) in [5.74, 6) is 0.0650. The number of hydrogen-bond donors (Lipinski definition) is 1. The zero-order valence-electron chi connectivity index (χ0n) is 15.7. The second-order valence-corrected chi connectivity index (χ2v) is 6.63. The summed E-state index contributed by atoms with van der Waals surface area (Å²) in [6, 6.07) is 0. The molecule has 0 aromatic carbocycles. The van der Waals surface area contributed by atoms with Gasteiger partial charge in [-0.05, 0) is 19.3 Å². The maximum Gasteiger partial charge on any atom is 0.240 e. The SMILES string of the molecule is CCCCCCCC=NNC(=O)CCCCCCCCCCC. The van der Waals surface area contributed by atoms with Crippen LogP contribution in [-0.4, -0.2) is 12.1 Å². The fraction of sp³-hybridized carbons (Fsp3) is 0.900. The van der Waals surface area contributed by atoms with Gasteiger partial charge < -0.3 is 0 Å². The van der Waals surface area contributed by atoms with E-state index < -0.39 is 0 Å². The smallest absolute Gasteiger partial charge is 0.240 e. The highest BCUT2D eigenvalue weighted by atomic mass is 16.2. The number of unbranched alkanes of at least 4 members (excludes halogenated alkanes) is 13. The van der Waals surface area contributed by atoms with Crippen LogP contribution in [0.15, 0.2) is 5.10 Å². The molecule has 1 amide bonds. The van der Waals surface area contributed by atoms with E-state index in [1.807, 2.05) is 6.21 Å². The molecule has 0 fully saturated rings. The lowest BCUT2D eigenvalue weighted by Crippen LogP contribution is -2.16. The molecule has 0 saturated carbocycles. The molecule has 136 valence electrons. The highest BCUT2D eigenvalue weighted by Gasteiger charge is 1.99. The molecule has 0 rings (SSSR count). The molecule has 3 nitrogen and oxygen atoms in total. The predicted octanol–water partition coefficient (Wildman–Crippen LogP) is 6.37. The van der Waals surface area contributed by atoms with Crippen LogP contribution in [0.25, 0.3) is 0 Å². The number of carbonyl (C=O) groups excluding carboxylic acids is 1. The van der Waals surface area contributed by atoms with Gasteiger partial charge in [0.1, 0.15) is 0 Å². The highest BCUT2D eigenvalue weighted by Crippen LogP contribution is 2.10. The van der Waals surface area contributed by atoms with Gasteiger partial charge in [0.05, 0.1) is 0 Å². The van der Waals surface area contributed by atoms with E-state index in [4.69, 9.17) is 0 Å².